The molecule has 0 radical (unpaired) electrons. The number of methoxy groups -OCH3 is 2. The molecule has 23 heavy (non-hydrogen) atoms. The fourth-order valence-electron chi connectivity index (χ4n) is 1.77. The van der Waals surface area contributed by atoms with Gasteiger partial charge in [0, 0.05) is 11.4 Å². The summed E-state index contributed by atoms with van der Waals surface area (Å²) in [6.45, 7) is 0. The molecule has 0 saturated carbocycles. The van der Waals surface area contributed by atoms with E-state index in [1.165, 1.54) is 12.5 Å². The van der Waals surface area contributed by atoms with Gasteiger partial charge in [-0.05, 0) is 22.0 Å². The molecule has 0 saturated heterocycles. The average molecular weight is 425 g/mol. The Kier molecular flexibility index (Phi) is 5.55. The van der Waals surface area contributed by atoms with Gasteiger partial charge in [-0.25, -0.2) is 26.9 Å². The lowest BCUT2D eigenvalue weighted by atomic mass is 10.1. The number of hydrogen-bond acceptors (Lipinski definition) is 7. The standard InChI is InChI=1S/C12H10BrFN2O5S2/c1-20-9-3-6(11(17)21-2)7(14)4-8(9)16(23(18)19)10-5-22-12(13)15-10/h3-5,23H,1-2H3. The number of esters is 1. The van der Waals surface area contributed by atoms with Crippen molar-refractivity contribution in [2.24, 2.45) is 0 Å². The van der Waals surface area contributed by atoms with Crippen molar-refractivity contribution in [3.8, 4) is 5.75 Å². The fourth-order valence-corrected chi connectivity index (χ4v) is 3.42. The van der Waals surface area contributed by atoms with E-state index < -0.39 is 22.7 Å². The van der Waals surface area contributed by atoms with Gasteiger partial charge in [0.2, 0.25) is 10.9 Å². The SMILES string of the molecule is COC(=O)c1cc(OC)c(N(c2csc(Br)n2)[SH](=O)=O)cc1F. The molecule has 11 heteroatoms. The van der Waals surface area contributed by atoms with E-state index in [1.807, 2.05) is 0 Å². The zero-order valence-electron chi connectivity index (χ0n) is 11.8. The molecule has 1 aromatic heterocycles. The first-order valence-electron chi connectivity index (χ1n) is 5.90. The third-order valence-corrected chi connectivity index (χ3v) is 4.85. The van der Waals surface area contributed by atoms with E-state index >= 15 is 0 Å². The number of thiazole rings is 1. The lowest BCUT2D eigenvalue weighted by Crippen LogP contribution is -2.17. The van der Waals surface area contributed by atoms with Crippen molar-refractivity contribution in [1.82, 2.24) is 4.98 Å². The summed E-state index contributed by atoms with van der Waals surface area (Å²) in [6.07, 6.45) is 0. The molecule has 124 valence electrons. The largest absolute Gasteiger partial charge is 0.495 e. The summed E-state index contributed by atoms with van der Waals surface area (Å²) in [6, 6.07) is 1.95. The normalized spacial score (nSPS) is 10.7. The minimum absolute atomic E-state index is 0.0184. The lowest BCUT2D eigenvalue weighted by Gasteiger charge is -2.18. The molecule has 0 fully saturated rings. The van der Waals surface area contributed by atoms with Crippen molar-refractivity contribution >= 4 is 55.6 Å². The lowest BCUT2D eigenvalue weighted by molar-refractivity contribution is 0.0595. The van der Waals surface area contributed by atoms with Crippen LogP contribution in [0, 0.1) is 5.82 Å². The van der Waals surface area contributed by atoms with Crippen LogP contribution in [0.3, 0.4) is 0 Å². The van der Waals surface area contributed by atoms with Crippen molar-refractivity contribution in [3.05, 3.63) is 32.8 Å². The molecule has 1 aromatic carbocycles. The molecule has 2 rings (SSSR count). The molecule has 7 nitrogen and oxygen atoms in total. The zero-order chi connectivity index (χ0) is 17.1. The molecule has 0 amide bonds. The highest BCUT2D eigenvalue weighted by molar-refractivity contribution is 9.11. The molecule has 0 aliphatic heterocycles. The molecule has 0 atom stereocenters. The van der Waals surface area contributed by atoms with Crippen LogP contribution in [0.25, 0.3) is 0 Å². The molecule has 0 aliphatic rings. The highest BCUT2D eigenvalue weighted by Gasteiger charge is 2.24. The first-order chi connectivity index (χ1) is 10.9. The molecule has 1 heterocycles. The predicted octanol–water partition coefficient (Wildman–Crippen LogP) is 2.50. The Bertz CT molecular complexity index is 816. The van der Waals surface area contributed by atoms with E-state index in [0.717, 1.165) is 34.9 Å². The van der Waals surface area contributed by atoms with Gasteiger partial charge in [-0.3, -0.25) is 0 Å². The number of thiol groups is 1. The van der Waals surface area contributed by atoms with E-state index in [0.29, 0.717) is 3.92 Å². The van der Waals surface area contributed by atoms with Gasteiger partial charge in [-0.15, -0.1) is 11.3 Å². The Morgan fingerprint density at radius 1 is 1.39 bits per heavy atom. The predicted molar refractivity (Wildman–Crippen MR) is 86.6 cm³/mol. The Balaban J connectivity index is 2.64. The van der Waals surface area contributed by atoms with Crippen molar-refractivity contribution in [1.29, 1.82) is 0 Å². The fraction of sp³-hybridized carbons (Fsp3) is 0.167. The Morgan fingerprint density at radius 3 is 2.57 bits per heavy atom. The first-order valence-corrected chi connectivity index (χ1v) is 8.70. The van der Waals surface area contributed by atoms with Crippen LogP contribution in [-0.2, 0) is 15.6 Å². The molecular weight excluding hydrogens is 415 g/mol. The molecule has 0 N–H and O–H groups in total. The Labute approximate surface area is 144 Å². The van der Waals surface area contributed by atoms with Crippen molar-refractivity contribution in [3.63, 3.8) is 0 Å². The van der Waals surface area contributed by atoms with Crippen LogP contribution in [0.15, 0.2) is 21.4 Å². The van der Waals surface area contributed by atoms with Gasteiger partial charge in [-0.1, -0.05) is 0 Å². The number of hydrogen-bond donors (Lipinski definition) is 1. The smallest absolute Gasteiger partial charge is 0.340 e. The summed E-state index contributed by atoms with van der Waals surface area (Å²) in [5.41, 5.74) is -0.472. The molecule has 2 aromatic rings. The summed E-state index contributed by atoms with van der Waals surface area (Å²) < 4.78 is 48.1. The second-order valence-corrected chi connectivity index (χ2v) is 7.01. The second-order valence-electron chi connectivity index (χ2n) is 4.00. The molecule has 0 bridgehead atoms. The average Bonchev–Trinajstić information content (AvgIpc) is 2.92. The van der Waals surface area contributed by atoms with Crippen LogP contribution in [0.4, 0.5) is 15.9 Å². The highest BCUT2D eigenvalue weighted by atomic mass is 79.9. The van der Waals surface area contributed by atoms with E-state index in [1.54, 1.807) is 0 Å². The van der Waals surface area contributed by atoms with Gasteiger partial charge in [0.05, 0.1) is 19.8 Å². The Hall–Kier alpha value is -1.72. The summed E-state index contributed by atoms with van der Waals surface area (Å²) >= 11 is 4.29. The number of ether oxygens (including phenoxy) is 2. The highest BCUT2D eigenvalue weighted by Crippen LogP contribution is 2.37. The van der Waals surface area contributed by atoms with Gasteiger partial charge in [0.25, 0.3) is 0 Å². The third kappa shape index (κ3) is 3.62. The summed E-state index contributed by atoms with van der Waals surface area (Å²) in [5.74, 6) is -1.79. The molecule has 0 unspecified atom stereocenters. The number of rotatable bonds is 5. The molecular formula is C12H10BrFN2O5S2. The van der Waals surface area contributed by atoms with Crippen LogP contribution >= 0.6 is 27.3 Å². The quantitative estimate of drug-likeness (QED) is 0.586. The third-order valence-electron chi connectivity index (χ3n) is 2.75. The number of aromatic nitrogens is 1. The Morgan fingerprint density at radius 2 is 2.09 bits per heavy atom. The summed E-state index contributed by atoms with van der Waals surface area (Å²) in [4.78, 5) is 15.5. The second kappa shape index (κ2) is 7.23. The maximum atomic E-state index is 14.1. The van der Waals surface area contributed by atoms with Gasteiger partial charge in [0.1, 0.15) is 17.3 Å². The maximum absolute atomic E-state index is 14.1. The van der Waals surface area contributed by atoms with E-state index in [9.17, 15) is 17.6 Å². The van der Waals surface area contributed by atoms with Gasteiger partial charge in [-0.2, -0.15) is 0 Å². The van der Waals surface area contributed by atoms with Gasteiger partial charge >= 0.3 is 5.97 Å². The molecule has 0 spiro atoms. The van der Waals surface area contributed by atoms with Crippen molar-refractivity contribution in [2.75, 3.05) is 18.5 Å². The minimum atomic E-state index is -3.17. The maximum Gasteiger partial charge on any atom is 0.340 e. The minimum Gasteiger partial charge on any atom is -0.495 e. The van der Waals surface area contributed by atoms with E-state index in [-0.39, 0.29) is 22.8 Å². The summed E-state index contributed by atoms with van der Waals surface area (Å²) in [5, 5.41) is 1.47. The van der Waals surface area contributed by atoms with E-state index in [4.69, 9.17) is 4.74 Å². The summed E-state index contributed by atoms with van der Waals surface area (Å²) in [7, 11) is -0.797. The van der Waals surface area contributed by atoms with E-state index in [2.05, 4.69) is 25.7 Å². The van der Waals surface area contributed by atoms with Crippen LogP contribution < -0.4 is 9.04 Å². The van der Waals surface area contributed by atoms with Crippen LogP contribution in [0.5, 0.6) is 5.75 Å². The number of carbonyl (C=O) groups excluding carboxylic acids is 1. The van der Waals surface area contributed by atoms with Crippen LogP contribution in [-0.4, -0.2) is 33.6 Å². The van der Waals surface area contributed by atoms with Crippen LogP contribution in [0.2, 0.25) is 0 Å². The first kappa shape index (κ1) is 17.6. The van der Waals surface area contributed by atoms with Gasteiger partial charge in [0.15, 0.2) is 9.73 Å². The number of nitrogens with zero attached hydrogens (tertiary/aromatic N) is 2. The number of benzene rings is 1. The van der Waals surface area contributed by atoms with Crippen LogP contribution in [0.1, 0.15) is 10.4 Å². The van der Waals surface area contributed by atoms with Gasteiger partial charge < -0.3 is 9.47 Å². The number of anilines is 2. The zero-order valence-corrected chi connectivity index (χ0v) is 15.1. The topological polar surface area (TPSA) is 85.8 Å². The molecule has 0 aliphatic carbocycles. The monoisotopic (exact) mass is 424 g/mol. The van der Waals surface area contributed by atoms with Crippen molar-refractivity contribution < 1.29 is 27.1 Å². The van der Waals surface area contributed by atoms with Crippen molar-refractivity contribution in [2.45, 2.75) is 0 Å². The number of carbonyl (C=O) groups is 1. The number of halogens is 2.